The molecule has 0 saturated carbocycles. The van der Waals surface area contributed by atoms with E-state index < -0.39 is 11.9 Å². The van der Waals surface area contributed by atoms with Gasteiger partial charge in [-0.3, -0.25) is 9.59 Å². The number of carbonyl (C=O) groups excluding carboxylic acids is 2. The van der Waals surface area contributed by atoms with Gasteiger partial charge in [0.05, 0.1) is 5.69 Å². The van der Waals surface area contributed by atoms with Crippen molar-refractivity contribution in [2.45, 2.75) is 31.7 Å². The summed E-state index contributed by atoms with van der Waals surface area (Å²) in [5.74, 6) is -0.720. The zero-order valence-corrected chi connectivity index (χ0v) is 14.3. The summed E-state index contributed by atoms with van der Waals surface area (Å²) in [6, 6.07) is 5.71. The minimum absolute atomic E-state index is 0. The molecule has 3 rings (SSSR count). The van der Waals surface area contributed by atoms with E-state index in [0.717, 1.165) is 32.4 Å². The van der Waals surface area contributed by atoms with Crippen LogP contribution in [0, 0.1) is 11.7 Å². The van der Waals surface area contributed by atoms with Gasteiger partial charge in [-0.05, 0) is 50.9 Å². The van der Waals surface area contributed by atoms with E-state index in [1.807, 2.05) is 0 Å². The van der Waals surface area contributed by atoms with Gasteiger partial charge in [0.25, 0.3) is 0 Å². The Balaban J connectivity index is 0.00000208. The van der Waals surface area contributed by atoms with Gasteiger partial charge in [-0.15, -0.1) is 12.4 Å². The molecule has 0 bridgehead atoms. The summed E-state index contributed by atoms with van der Waals surface area (Å²) in [7, 11) is 0. The number of para-hydroxylation sites is 1. The molecule has 5 nitrogen and oxygen atoms in total. The highest BCUT2D eigenvalue weighted by Crippen LogP contribution is 2.24. The van der Waals surface area contributed by atoms with E-state index in [4.69, 9.17) is 0 Å². The maximum absolute atomic E-state index is 13.9. The lowest BCUT2D eigenvalue weighted by molar-refractivity contribution is -0.131. The largest absolute Gasteiger partial charge is 0.344 e. The number of nitrogens with one attached hydrogen (secondary N) is 2. The zero-order chi connectivity index (χ0) is 16.2. The van der Waals surface area contributed by atoms with Crippen molar-refractivity contribution in [3.63, 3.8) is 0 Å². The smallest absolute Gasteiger partial charge is 0.249 e. The Morgan fingerprint density at radius 2 is 1.92 bits per heavy atom. The second-order valence-electron chi connectivity index (χ2n) is 6.17. The molecule has 132 valence electrons. The molecule has 7 heteroatoms. The normalized spacial score (nSPS) is 22.0. The third kappa shape index (κ3) is 4.05. The summed E-state index contributed by atoms with van der Waals surface area (Å²) in [5, 5.41) is 6.10. The van der Waals surface area contributed by atoms with Crippen LogP contribution in [0.15, 0.2) is 24.3 Å². The van der Waals surface area contributed by atoms with E-state index in [0.29, 0.717) is 18.7 Å². The first kappa shape index (κ1) is 18.7. The highest BCUT2D eigenvalue weighted by atomic mass is 35.5. The standard InChI is InChI=1S/C17H22FN3O2.ClH/c18-13-4-1-2-6-15(13)21-11-3-5-14(17(21)23)20-16(22)12-7-9-19-10-8-12;/h1-2,4,6,12,14,19H,3,5,7-11H2,(H,20,22);1H. The van der Waals surface area contributed by atoms with Crippen molar-refractivity contribution in [3.8, 4) is 0 Å². The first-order chi connectivity index (χ1) is 11.2. The van der Waals surface area contributed by atoms with Crippen LogP contribution in [-0.4, -0.2) is 37.5 Å². The van der Waals surface area contributed by atoms with Crippen LogP contribution in [0.5, 0.6) is 0 Å². The van der Waals surface area contributed by atoms with Crippen molar-refractivity contribution < 1.29 is 14.0 Å². The maximum atomic E-state index is 13.9. The third-order valence-electron chi connectivity index (χ3n) is 4.61. The number of hydrogen-bond acceptors (Lipinski definition) is 3. The molecule has 2 heterocycles. The Kier molecular flexibility index (Phi) is 6.57. The monoisotopic (exact) mass is 355 g/mol. The number of nitrogens with zero attached hydrogens (tertiary/aromatic N) is 1. The molecule has 24 heavy (non-hydrogen) atoms. The molecule has 2 saturated heterocycles. The molecule has 1 unspecified atom stereocenters. The molecule has 0 aromatic heterocycles. The molecule has 2 aliphatic rings. The number of halogens is 2. The molecular formula is C17H23ClFN3O2. The summed E-state index contributed by atoms with van der Waals surface area (Å²) in [5.41, 5.74) is 0.290. The van der Waals surface area contributed by atoms with Crippen LogP contribution >= 0.6 is 12.4 Å². The summed E-state index contributed by atoms with van der Waals surface area (Å²) < 4.78 is 13.9. The Hall–Kier alpha value is -1.66. The quantitative estimate of drug-likeness (QED) is 0.870. The summed E-state index contributed by atoms with van der Waals surface area (Å²) in [6.07, 6.45) is 2.95. The Bertz CT molecular complexity index is 593. The number of benzene rings is 1. The fourth-order valence-electron chi connectivity index (χ4n) is 3.29. The van der Waals surface area contributed by atoms with Gasteiger partial charge in [-0.2, -0.15) is 0 Å². The van der Waals surface area contributed by atoms with E-state index in [1.54, 1.807) is 18.2 Å². The first-order valence-corrected chi connectivity index (χ1v) is 8.24. The molecule has 2 N–H and O–H groups in total. The average Bonchev–Trinajstić information content (AvgIpc) is 2.58. The number of rotatable bonds is 3. The van der Waals surface area contributed by atoms with Crippen molar-refractivity contribution in [2.24, 2.45) is 5.92 Å². The zero-order valence-electron chi connectivity index (χ0n) is 13.5. The second-order valence-corrected chi connectivity index (χ2v) is 6.17. The van der Waals surface area contributed by atoms with Crippen LogP contribution in [0.25, 0.3) is 0 Å². The Morgan fingerprint density at radius 3 is 2.62 bits per heavy atom. The summed E-state index contributed by atoms with van der Waals surface area (Å²) in [4.78, 5) is 26.4. The number of amides is 2. The number of hydrogen-bond donors (Lipinski definition) is 2. The van der Waals surface area contributed by atoms with E-state index in [2.05, 4.69) is 10.6 Å². The number of piperidine rings is 2. The fraction of sp³-hybridized carbons (Fsp3) is 0.529. The van der Waals surface area contributed by atoms with Crippen LogP contribution in [0.2, 0.25) is 0 Å². The van der Waals surface area contributed by atoms with Crippen molar-refractivity contribution >= 4 is 29.9 Å². The van der Waals surface area contributed by atoms with Gasteiger partial charge in [0, 0.05) is 12.5 Å². The van der Waals surface area contributed by atoms with Crippen molar-refractivity contribution in [1.82, 2.24) is 10.6 Å². The molecule has 2 fully saturated rings. The van der Waals surface area contributed by atoms with Crippen LogP contribution in [0.1, 0.15) is 25.7 Å². The lowest BCUT2D eigenvalue weighted by Gasteiger charge is -2.34. The minimum atomic E-state index is -0.550. The van der Waals surface area contributed by atoms with Crippen molar-refractivity contribution in [2.75, 3.05) is 24.5 Å². The molecular weight excluding hydrogens is 333 g/mol. The third-order valence-corrected chi connectivity index (χ3v) is 4.61. The van der Waals surface area contributed by atoms with Crippen molar-refractivity contribution in [1.29, 1.82) is 0 Å². The van der Waals surface area contributed by atoms with Crippen LogP contribution in [-0.2, 0) is 9.59 Å². The first-order valence-electron chi connectivity index (χ1n) is 8.24. The van der Waals surface area contributed by atoms with Gasteiger partial charge >= 0.3 is 0 Å². The van der Waals surface area contributed by atoms with Gasteiger partial charge in [0.15, 0.2) is 0 Å². The topological polar surface area (TPSA) is 61.4 Å². The molecule has 1 aromatic rings. The molecule has 2 aliphatic heterocycles. The van der Waals surface area contributed by atoms with E-state index in [9.17, 15) is 14.0 Å². The van der Waals surface area contributed by atoms with E-state index >= 15 is 0 Å². The minimum Gasteiger partial charge on any atom is -0.344 e. The van der Waals surface area contributed by atoms with Crippen molar-refractivity contribution in [3.05, 3.63) is 30.1 Å². The Morgan fingerprint density at radius 1 is 1.21 bits per heavy atom. The average molecular weight is 356 g/mol. The Labute approximate surface area is 147 Å². The fourth-order valence-corrected chi connectivity index (χ4v) is 3.29. The van der Waals surface area contributed by atoms with Gasteiger partial charge < -0.3 is 15.5 Å². The molecule has 0 radical (unpaired) electrons. The predicted molar refractivity (Wildman–Crippen MR) is 92.8 cm³/mol. The van der Waals surface area contributed by atoms with Gasteiger partial charge in [0.1, 0.15) is 11.9 Å². The SMILES string of the molecule is Cl.O=C(NC1CCCN(c2ccccc2F)C1=O)C1CCNCC1. The van der Waals surface area contributed by atoms with Gasteiger partial charge in [0.2, 0.25) is 11.8 Å². The number of anilines is 1. The van der Waals surface area contributed by atoms with Gasteiger partial charge in [-0.25, -0.2) is 4.39 Å². The molecule has 0 spiro atoms. The highest BCUT2D eigenvalue weighted by Gasteiger charge is 2.33. The van der Waals surface area contributed by atoms with Gasteiger partial charge in [-0.1, -0.05) is 12.1 Å². The highest BCUT2D eigenvalue weighted by molar-refractivity contribution is 6.00. The predicted octanol–water partition coefficient (Wildman–Crippen LogP) is 1.86. The van der Waals surface area contributed by atoms with Crippen LogP contribution in [0.3, 0.4) is 0 Å². The molecule has 1 atom stereocenters. The van der Waals surface area contributed by atoms with E-state index in [1.165, 1.54) is 11.0 Å². The van der Waals surface area contributed by atoms with E-state index in [-0.39, 0.29) is 30.1 Å². The number of carbonyl (C=O) groups is 2. The summed E-state index contributed by atoms with van der Waals surface area (Å²) >= 11 is 0. The van der Waals surface area contributed by atoms with Crippen LogP contribution < -0.4 is 15.5 Å². The maximum Gasteiger partial charge on any atom is 0.249 e. The molecule has 1 aromatic carbocycles. The summed E-state index contributed by atoms with van der Waals surface area (Å²) in [6.45, 7) is 2.15. The second kappa shape index (κ2) is 8.44. The molecule has 0 aliphatic carbocycles. The lowest BCUT2D eigenvalue weighted by Crippen LogP contribution is -2.54. The lowest BCUT2D eigenvalue weighted by atomic mass is 9.96. The molecule has 2 amide bonds. The van der Waals surface area contributed by atoms with Crippen LogP contribution in [0.4, 0.5) is 10.1 Å².